The highest BCUT2D eigenvalue weighted by Gasteiger charge is 2.10. The zero-order valence-corrected chi connectivity index (χ0v) is 11.5. The number of hydrogen-bond acceptors (Lipinski definition) is 3. The molecule has 0 saturated heterocycles. The number of benzene rings is 2. The number of phenols is 1. The molecular formula is C16H15NO4. The molecule has 1 amide bonds. The summed E-state index contributed by atoms with van der Waals surface area (Å²) in [5.41, 5.74) is 2.05. The van der Waals surface area contributed by atoms with Crippen LogP contribution in [0.5, 0.6) is 5.75 Å². The van der Waals surface area contributed by atoms with Crippen molar-refractivity contribution < 1.29 is 19.8 Å². The van der Waals surface area contributed by atoms with Crippen molar-refractivity contribution in [1.29, 1.82) is 0 Å². The molecule has 108 valence electrons. The Morgan fingerprint density at radius 2 is 1.76 bits per heavy atom. The Labute approximate surface area is 121 Å². The number of aromatic hydroxyl groups is 1. The van der Waals surface area contributed by atoms with Crippen LogP contribution in [0.3, 0.4) is 0 Å². The SMILES string of the molecule is Cc1ccc(C(=O)NCc2ccc(C(=O)O)cc2)c(O)c1. The van der Waals surface area contributed by atoms with E-state index >= 15 is 0 Å². The molecule has 3 N–H and O–H groups in total. The maximum absolute atomic E-state index is 12.0. The number of aryl methyl sites for hydroxylation is 1. The molecule has 2 aromatic carbocycles. The van der Waals surface area contributed by atoms with Gasteiger partial charge in [0.05, 0.1) is 11.1 Å². The van der Waals surface area contributed by atoms with Crippen molar-refractivity contribution in [1.82, 2.24) is 5.32 Å². The third-order valence-corrected chi connectivity index (χ3v) is 3.05. The minimum absolute atomic E-state index is 0.0614. The van der Waals surface area contributed by atoms with Crippen molar-refractivity contribution in [3.05, 3.63) is 64.7 Å². The minimum Gasteiger partial charge on any atom is -0.507 e. The van der Waals surface area contributed by atoms with Gasteiger partial charge in [-0.3, -0.25) is 4.79 Å². The van der Waals surface area contributed by atoms with Crippen LogP contribution in [0.2, 0.25) is 0 Å². The van der Waals surface area contributed by atoms with Crippen molar-refractivity contribution in [2.45, 2.75) is 13.5 Å². The number of carbonyl (C=O) groups is 2. The van der Waals surface area contributed by atoms with Gasteiger partial charge < -0.3 is 15.5 Å². The molecule has 0 bridgehead atoms. The lowest BCUT2D eigenvalue weighted by molar-refractivity contribution is 0.0696. The normalized spacial score (nSPS) is 10.1. The van der Waals surface area contributed by atoms with Crippen LogP contribution in [-0.2, 0) is 6.54 Å². The Balaban J connectivity index is 2.02. The van der Waals surface area contributed by atoms with Gasteiger partial charge in [0.2, 0.25) is 0 Å². The fraction of sp³-hybridized carbons (Fsp3) is 0.125. The Kier molecular flexibility index (Phi) is 4.23. The van der Waals surface area contributed by atoms with E-state index in [2.05, 4.69) is 5.32 Å². The van der Waals surface area contributed by atoms with Crippen molar-refractivity contribution in [3.63, 3.8) is 0 Å². The zero-order valence-electron chi connectivity index (χ0n) is 11.5. The molecule has 0 unspecified atom stereocenters. The maximum Gasteiger partial charge on any atom is 0.335 e. The standard InChI is InChI=1S/C16H15NO4/c1-10-2-7-13(14(18)8-10)15(19)17-9-11-3-5-12(6-4-11)16(20)21/h2-8,18H,9H2,1H3,(H,17,19)(H,20,21). The van der Waals surface area contributed by atoms with Gasteiger partial charge in [0.25, 0.3) is 5.91 Å². The third kappa shape index (κ3) is 3.60. The molecule has 0 spiro atoms. The first-order valence-corrected chi connectivity index (χ1v) is 6.37. The lowest BCUT2D eigenvalue weighted by Gasteiger charge is -2.08. The Morgan fingerprint density at radius 1 is 1.10 bits per heavy atom. The number of rotatable bonds is 4. The van der Waals surface area contributed by atoms with Gasteiger partial charge in [-0.25, -0.2) is 4.79 Å². The van der Waals surface area contributed by atoms with Gasteiger partial charge >= 0.3 is 5.97 Å². The topological polar surface area (TPSA) is 86.6 Å². The van der Waals surface area contributed by atoms with E-state index in [0.717, 1.165) is 11.1 Å². The van der Waals surface area contributed by atoms with Gasteiger partial charge in [-0.15, -0.1) is 0 Å². The van der Waals surface area contributed by atoms with Crippen LogP contribution in [0.15, 0.2) is 42.5 Å². The first-order chi connectivity index (χ1) is 9.97. The highest BCUT2D eigenvalue weighted by Crippen LogP contribution is 2.18. The van der Waals surface area contributed by atoms with E-state index in [9.17, 15) is 14.7 Å². The van der Waals surface area contributed by atoms with Gasteiger partial charge in [0.15, 0.2) is 0 Å². The molecule has 2 aromatic rings. The first-order valence-electron chi connectivity index (χ1n) is 6.37. The second-order valence-electron chi connectivity index (χ2n) is 4.71. The Hall–Kier alpha value is -2.82. The van der Waals surface area contributed by atoms with Gasteiger partial charge in [-0.1, -0.05) is 18.2 Å². The molecule has 0 heterocycles. The van der Waals surface area contributed by atoms with Crippen molar-refractivity contribution >= 4 is 11.9 Å². The lowest BCUT2D eigenvalue weighted by Crippen LogP contribution is -2.22. The van der Waals surface area contributed by atoms with E-state index in [0.29, 0.717) is 0 Å². The van der Waals surface area contributed by atoms with Gasteiger partial charge in [0.1, 0.15) is 5.75 Å². The Morgan fingerprint density at radius 3 is 2.33 bits per heavy atom. The smallest absolute Gasteiger partial charge is 0.335 e. The average Bonchev–Trinajstić information content (AvgIpc) is 2.45. The van der Waals surface area contributed by atoms with E-state index in [1.54, 1.807) is 24.3 Å². The largest absolute Gasteiger partial charge is 0.507 e. The molecule has 0 aliphatic carbocycles. The predicted octanol–water partition coefficient (Wildman–Crippen LogP) is 2.33. The summed E-state index contributed by atoms with van der Waals surface area (Å²) < 4.78 is 0. The summed E-state index contributed by atoms with van der Waals surface area (Å²) in [7, 11) is 0. The average molecular weight is 285 g/mol. The second-order valence-corrected chi connectivity index (χ2v) is 4.71. The molecular weight excluding hydrogens is 270 g/mol. The van der Waals surface area contributed by atoms with Gasteiger partial charge in [-0.2, -0.15) is 0 Å². The predicted molar refractivity (Wildman–Crippen MR) is 77.4 cm³/mol. The summed E-state index contributed by atoms with van der Waals surface area (Å²) >= 11 is 0. The summed E-state index contributed by atoms with van der Waals surface area (Å²) in [6.07, 6.45) is 0. The quantitative estimate of drug-likeness (QED) is 0.804. The molecule has 0 radical (unpaired) electrons. The third-order valence-electron chi connectivity index (χ3n) is 3.05. The van der Waals surface area contributed by atoms with Crippen LogP contribution in [0.25, 0.3) is 0 Å². The van der Waals surface area contributed by atoms with Crippen LogP contribution < -0.4 is 5.32 Å². The number of hydrogen-bond donors (Lipinski definition) is 3. The number of carbonyl (C=O) groups excluding carboxylic acids is 1. The maximum atomic E-state index is 12.0. The summed E-state index contributed by atoms with van der Waals surface area (Å²) in [4.78, 5) is 22.7. The van der Waals surface area contributed by atoms with E-state index in [-0.39, 0.29) is 29.3 Å². The van der Waals surface area contributed by atoms with E-state index in [1.807, 2.05) is 6.92 Å². The summed E-state index contributed by atoms with van der Waals surface area (Å²) in [5, 5.41) is 21.2. The molecule has 0 fully saturated rings. The molecule has 21 heavy (non-hydrogen) atoms. The number of phenolic OH excluding ortho intramolecular Hbond substituents is 1. The van der Waals surface area contributed by atoms with Gasteiger partial charge in [-0.05, 0) is 42.3 Å². The molecule has 0 aliphatic heterocycles. The van der Waals surface area contributed by atoms with Crippen LogP contribution in [-0.4, -0.2) is 22.1 Å². The molecule has 0 atom stereocenters. The zero-order chi connectivity index (χ0) is 15.4. The number of carboxylic acids is 1. The van der Waals surface area contributed by atoms with Crippen LogP contribution in [0.1, 0.15) is 31.8 Å². The fourth-order valence-corrected chi connectivity index (χ4v) is 1.88. The molecule has 2 rings (SSSR count). The number of carboxylic acid groups (broad SMARTS) is 1. The summed E-state index contributed by atoms with van der Waals surface area (Å²) in [5.74, 6) is -1.43. The number of amides is 1. The molecule has 5 heteroatoms. The first kappa shape index (κ1) is 14.6. The molecule has 0 aromatic heterocycles. The highest BCUT2D eigenvalue weighted by atomic mass is 16.4. The van der Waals surface area contributed by atoms with Crippen LogP contribution in [0.4, 0.5) is 0 Å². The summed E-state index contributed by atoms with van der Waals surface area (Å²) in [6, 6.07) is 11.1. The van der Waals surface area contributed by atoms with Gasteiger partial charge in [0, 0.05) is 6.54 Å². The van der Waals surface area contributed by atoms with Crippen molar-refractivity contribution in [2.24, 2.45) is 0 Å². The van der Waals surface area contributed by atoms with Crippen LogP contribution >= 0.6 is 0 Å². The molecule has 0 aliphatic rings. The monoisotopic (exact) mass is 285 g/mol. The molecule has 5 nitrogen and oxygen atoms in total. The second kappa shape index (κ2) is 6.09. The number of aromatic carboxylic acids is 1. The fourth-order valence-electron chi connectivity index (χ4n) is 1.88. The highest BCUT2D eigenvalue weighted by molar-refractivity contribution is 5.96. The summed E-state index contributed by atoms with van der Waals surface area (Å²) in [6.45, 7) is 2.08. The number of nitrogens with one attached hydrogen (secondary N) is 1. The van der Waals surface area contributed by atoms with E-state index in [4.69, 9.17) is 5.11 Å². The lowest BCUT2D eigenvalue weighted by atomic mass is 10.1. The Bertz CT molecular complexity index is 677. The minimum atomic E-state index is -0.991. The van der Waals surface area contributed by atoms with E-state index in [1.165, 1.54) is 18.2 Å². The molecule has 0 saturated carbocycles. The van der Waals surface area contributed by atoms with Crippen LogP contribution in [0, 0.1) is 6.92 Å². The van der Waals surface area contributed by atoms with Crippen molar-refractivity contribution in [2.75, 3.05) is 0 Å². The van der Waals surface area contributed by atoms with E-state index < -0.39 is 5.97 Å². The van der Waals surface area contributed by atoms with Crippen molar-refractivity contribution in [3.8, 4) is 5.75 Å².